The van der Waals surface area contributed by atoms with E-state index in [0.29, 0.717) is 13.1 Å². The molecule has 0 aromatic rings. The van der Waals surface area contributed by atoms with E-state index in [1.165, 1.54) is 5.01 Å². The Hall–Kier alpha value is -0.650. The van der Waals surface area contributed by atoms with Crippen LogP contribution in [0.5, 0.6) is 0 Å². The van der Waals surface area contributed by atoms with Gasteiger partial charge in [0.15, 0.2) is 0 Å². The first-order valence-corrected chi connectivity index (χ1v) is 3.16. The maximum atomic E-state index is 10.4. The van der Waals surface area contributed by atoms with E-state index in [-0.39, 0.29) is 0 Å². The minimum atomic E-state index is -0.866. The molecule has 0 aromatic carbocycles. The van der Waals surface area contributed by atoms with Crippen molar-refractivity contribution in [1.29, 1.82) is 0 Å². The fourth-order valence-corrected chi connectivity index (χ4v) is 0.949. The van der Waals surface area contributed by atoms with Crippen LogP contribution in [-0.2, 0) is 4.79 Å². The van der Waals surface area contributed by atoms with Crippen molar-refractivity contribution in [2.75, 3.05) is 19.6 Å². The lowest BCUT2D eigenvalue weighted by molar-refractivity contribution is -0.144. The number of piperazine rings is 1. The molecule has 4 N–H and O–H groups in total. The van der Waals surface area contributed by atoms with Crippen LogP contribution in [0.4, 0.5) is 0 Å². The van der Waals surface area contributed by atoms with Crippen molar-refractivity contribution in [3.63, 3.8) is 0 Å². The summed E-state index contributed by atoms with van der Waals surface area (Å²) in [5.74, 6) is 4.53. The first-order chi connectivity index (χ1) is 4.72. The summed E-state index contributed by atoms with van der Waals surface area (Å²) in [5, 5.41) is 12.8. The molecule has 0 amide bonds. The van der Waals surface area contributed by atoms with Crippen LogP contribution in [0.1, 0.15) is 0 Å². The molecule has 1 aliphatic heterocycles. The zero-order valence-electron chi connectivity index (χ0n) is 5.58. The average molecular weight is 145 g/mol. The number of nitrogens with one attached hydrogen (secondary N) is 1. The quantitative estimate of drug-likeness (QED) is 0.380. The van der Waals surface area contributed by atoms with E-state index < -0.39 is 12.0 Å². The van der Waals surface area contributed by atoms with E-state index in [9.17, 15) is 4.79 Å². The summed E-state index contributed by atoms with van der Waals surface area (Å²) in [6.45, 7) is 1.79. The molecular weight excluding hydrogens is 134 g/mol. The van der Waals surface area contributed by atoms with Crippen molar-refractivity contribution in [3.05, 3.63) is 0 Å². The van der Waals surface area contributed by atoms with Crippen LogP contribution >= 0.6 is 0 Å². The number of carboxylic acid groups (broad SMARTS) is 1. The molecule has 1 saturated heterocycles. The van der Waals surface area contributed by atoms with Crippen molar-refractivity contribution in [2.45, 2.75) is 6.04 Å². The number of aliphatic carboxylic acids is 1. The third kappa shape index (κ3) is 1.44. The first kappa shape index (κ1) is 7.46. The molecule has 1 fully saturated rings. The van der Waals surface area contributed by atoms with Crippen molar-refractivity contribution < 1.29 is 9.90 Å². The van der Waals surface area contributed by atoms with E-state index in [1.54, 1.807) is 0 Å². The van der Waals surface area contributed by atoms with Crippen molar-refractivity contribution in [3.8, 4) is 0 Å². The van der Waals surface area contributed by atoms with Gasteiger partial charge in [0.2, 0.25) is 0 Å². The molecule has 0 bridgehead atoms. The largest absolute Gasteiger partial charge is 0.480 e. The fourth-order valence-electron chi connectivity index (χ4n) is 0.949. The Bertz CT molecular complexity index is 139. The predicted molar refractivity (Wildman–Crippen MR) is 35.2 cm³/mol. The van der Waals surface area contributed by atoms with Crippen LogP contribution in [0.3, 0.4) is 0 Å². The van der Waals surface area contributed by atoms with Crippen LogP contribution in [0, 0.1) is 0 Å². The van der Waals surface area contributed by atoms with E-state index in [1.807, 2.05) is 0 Å². The second-order valence-corrected chi connectivity index (χ2v) is 2.30. The molecule has 0 aromatic heterocycles. The molecule has 1 rings (SSSR count). The third-order valence-corrected chi connectivity index (χ3v) is 1.57. The monoisotopic (exact) mass is 145 g/mol. The molecule has 5 heteroatoms. The van der Waals surface area contributed by atoms with Crippen LogP contribution < -0.4 is 11.2 Å². The highest BCUT2D eigenvalue weighted by molar-refractivity contribution is 5.73. The Morgan fingerprint density at radius 3 is 2.90 bits per heavy atom. The number of nitrogens with two attached hydrogens (primary N) is 1. The number of hydrogen-bond donors (Lipinski definition) is 3. The zero-order chi connectivity index (χ0) is 7.56. The molecule has 0 aliphatic carbocycles. The molecule has 58 valence electrons. The van der Waals surface area contributed by atoms with Gasteiger partial charge in [-0.1, -0.05) is 0 Å². The summed E-state index contributed by atoms with van der Waals surface area (Å²) >= 11 is 0. The molecule has 1 heterocycles. The Morgan fingerprint density at radius 1 is 1.80 bits per heavy atom. The lowest BCUT2D eigenvalue weighted by Gasteiger charge is -2.28. The molecule has 1 unspecified atom stereocenters. The van der Waals surface area contributed by atoms with E-state index in [4.69, 9.17) is 10.9 Å². The van der Waals surface area contributed by atoms with Gasteiger partial charge in [-0.05, 0) is 0 Å². The Morgan fingerprint density at radius 2 is 2.50 bits per heavy atom. The fraction of sp³-hybridized carbons (Fsp3) is 0.800. The van der Waals surface area contributed by atoms with Gasteiger partial charge in [0, 0.05) is 19.6 Å². The number of hydrazine groups is 1. The second-order valence-electron chi connectivity index (χ2n) is 2.30. The predicted octanol–water partition coefficient (Wildman–Crippen LogP) is -1.78. The third-order valence-electron chi connectivity index (χ3n) is 1.57. The van der Waals surface area contributed by atoms with Gasteiger partial charge in [-0.25, -0.2) is 5.01 Å². The van der Waals surface area contributed by atoms with Gasteiger partial charge in [-0.3, -0.25) is 10.6 Å². The highest BCUT2D eigenvalue weighted by Gasteiger charge is 2.25. The summed E-state index contributed by atoms with van der Waals surface area (Å²) in [6.07, 6.45) is 0. The molecular formula is C5H11N3O2. The highest BCUT2D eigenvalue weighted by Crippen LogP contribution is 1.95. The van der Waals surface area contributed by atoms with Gasteiger partial charge < -0.3 is 10.4 Å². The smallest absolute Gasteiger partial charge is 0.323 e. The number of carbonyl (C=O) groups is 1. The summed E-state index contributed by atoms with van der Waals surface area (Å²) in [5.41, 5.74) is 0. The zero-order valence-corrected chi connectivity index (χ0v) is 5.58. The molecule has 0 saturated carbocycles. The molecule has 10 heavy (non-hydrogen) atoms. The highest BCUT2D eigenvalue weighted by atomic mass is 16.4. The summed E-state index contributed by atoms with van der Waals surface area (Å²) in [6, 6.07) is -0.561. The van der Waals surface area contributed by atoms with Crippen molar-refractivity contribution in [2.24, 2.45) is 5.84 Å². The maximum absolute atomic E-state index is 10.4. The van der Waals surface area contributed by atoms with E-state index in [2.05, 4.69) is 5.32 Å². The van der Waals surface area contributed by atoms with Gasteiger partial charge in [-0.2, -0.15) is 0 Å². The number of nitrogens with zero attached hydrogens (tertiary/aromatic N) is 1. The van der Waals surface area contributed by atoms with Crippen LogP contribution in [0.15, 0.2) is 0 Å². The molecule has 0 spiro atoms. The number of rotatable bonds is 1. The lowest BCUT2D eigenvalue weighted by atomic mass is 10.2. The van der Waals surface area contributed by atoms with Gasteiger partial charge in [0.25, 0.3) is 0 Å². The molecule has 0 radical (unpaired) electrons. The average Bonchev–Trinajstić information content (AvgIpc) is 1.88. The second kappa shape index (κ2) is 2.96. The summed E-state index contributed by atoms with van der Waals surface area (Å²) < 4.78 is 0. The van der Waals surface area contributed by atoms with Crippen molar-refractivity contribution in [1.82, 2.24) is 10.3 Å². The normalized spacial score (nSPS) is 28.3. The molecule has 5 nitrogen and oxygen atoms in total. The minimum Gasteiger partial charge on any atom is -0.480 e. The summed E-state index contributed by atoms with van der Waals surface area (Å²) in [7, 11) is 0. The lowest BCUT2D eigenvalue weighted by Crippen LogP contribution is -2.57. The molecule has 1 aliphatic rings. The van der Waals surface area contributed by atoms with E-state index >= 15 is 0 Å². The first-order valence-electron chi connectivity index (χ1n) is 3.16. The maximum Gasteiger partial charge on any atom is 0.323 e. The van der Waals surface area contributed by atoms with Gasteiger partial charge in [0.1, 0.15) is 6.04 Å². The van der Waals surface area contributed by atoms with Gasteiger partial charge in [-0.15, -0.1) is 0 Å². The number of hydrogen-bond acceptors (Lipinski definition) is 4. The van der Waals surface area contributed by atoms with E-state index in [0.717, 1.165) is 6.54 Å². The topological polar surface area (TPSA) is 78.6 Å². The SMILES string of the molecule is NN1CCNCC1C(=O)O. The Labute approximate surface area is 58.8 Å². The molecule has 1 atom stereocenters. The van der Waals surface area contributed by atoms with Crippen molar-refractivity contribution >= 4 is 5.97 Å². The van der Waals surface area contributed by atoms with Crippen LogP contribution in [-0.4, -0.2) is 41.8 Å². The standard InChI is InChI=1S/C5H11N3O2/c6-8-2-1-7-3-4(8)5(9)10/h4,7H,1-3,6H2,(H,9,10). The van der Waals surface area contributed by atoms with Crippen LogP contribution in [0.2, 0.25) is 0 Å². The minimum absolute atomic E-state index is 0.436. The Balaban J connectivity index is 2.47. The van der Waals surface area contributed by atoms with Gasteiger partial charge >= 0.3 is 5.97 Å². The van der Waals surface area contributed by atoms with Crippen LogP contribution in [0.25, 0.3) is 0 Å². The number of carboxylic acids is 1. The van der Waals surface area contributed by atoms with Gasteiger partial charge in [0.05, 0.1) is 0 Å². The summed E-state index contributed by atoms with van der Waals surface area (Å²) in [4.78, 5) is 10.4. The Kier molecular flexibility index (Phi) is 2.21.